The van der Waals surface area contributed by atoms with Gasteiger partial charge in [-0.1, -0.05) is 6.07 Å². The number of hydrogen-bond donors (Lipinski definition) is 1. The number of nitrogens with zero attached hydrogens (tertiary/aromatic N) is 4. The smallest absolute Gasteiger partial charge is 0.207 e. The molecular formula is C13H15N5O. The van der Waals surface area contributed by atoms with Gasteiger partial charge in [-0.2, -0.15) is 5.10 Å². The van der Waals surface area contributed by atoms with E-state index in [4.69, 9.17) is 10.5 Å². The highest BCUT2D eigenvalue weighted by Crippen LogP contribution is 2.26. The molecular weight excluding hydrogens is 242 g/mol. The lowest BCUT2D eigenvalue weighted by Gasteiger charge is -2.08. The maximum Gasteiger partial charge on any atom is 0.207 e. The second-order valence-electron chi connectivity index (χ2n) is 4.39. The van der Waals surface area contributed by atoms with Gasteiger partial charge in [0.1, 0.15) is 11.3 Å². The van der Waals surface area contributed by atoms with Crippen LogP contribution in [0, 0.1) is 6.92 Å². The molecule has 2 N–H and O–H groups in total. The van der Waals surface area contributed by atoms with Gasteiger partial charge in [0, 0.05) is 13.1 Å². The zero-order chi connectivity index (χ0) is 13.6. The highest BCUT2D eigenvalue weighted by atomic mass is 16.5. The fourth-order valence-electron chi connectivity index (χ4n) is 2.29. The van der Waals surface area contributed by atoms with Crippen LogP contribution < -0.4 is 10.5 Å². The Labute approximate surface area is 110 Å². The molecule has 2 heterocycles. The number of fused-ring (bicyclic) bond motifs is 1. The van der Waals surface area contributed by atoms with E-state index < -0.39 is 0 Å². The lowest BCUT2D eigenvalue weighted by atomic mass is 10.3. The van der Waals surface area contributed by atoms with E-state index >= 15 is 0 Å². The molecule has 0 atom stereocenters. The number of rotatable bonds is 2. The summed E-state index contributed by atoms with van der Waals surface area (Å²) in [5.74, 6) is 1.22. The van der Waals surface area contributed by atoms with Crippen molar-refractivity contribution in [2.75, 3.05) is 12.8 Å². The van der Waals surface area contributed by atoms with Gasteiger partial charge in [-0.25, -0.2) is 9.67 Å². The van der Waals surface area contributed by atoms with Crippen LogP contribution in [0.4, 0.5) is 5.95 Å². The van der Waals surface area contributed by atoms with Crippen LogP contribution in [0.2, 0.25) is 0 Å². The highest BCUT2D eigenvalue weighted by Gasteiger charge is 2.16. The summed E-state index contributed by atoms with van der Waals surface area (Å²) in [4.78, 5) is 4.38. The summed E-state index contributed by atoms with van der Waals surface area (Å²) in [5.41, 5.74) is 9.50. The standard InChI is InChI=1S/C13H15N5O/c1-8-11-12(17(2)16-8)18(13(14)15-11)9-5-4-6-10(7-9)19-3/h4-7H,1-3H3,(H2,14,15). The number of anilines is 1. The van der Waals surface area contributed by atoms with E-state index in [9.17, 15) is 0 Å². The average Bonchev–Trinajstić information content (AvgIpc) is 2.88. The number of benzene rings is 1. The Morgan fingerprint density at radius 3 is 2.84 bits per heavy atom. The van der Waals surface area contributed by atoms with Crippen LogP contribution in [0.15, 0.2) is 24.3 Å². The van der Waals surface area contributed by atoms with Crippen molar-refractivity contribution in [1.82, 2.24) is 19.3 Å². The molecule has 0 saturated carbocycles. The third-order valence-electron chi connectivity index (χ3n) is 3.14. The Balaban J connectivity index is 2.32. The van der Waals surface area contributed by atoms with Crippen LogP contribution in [-0.2, 0) is 7.05 Å². The number of aryl methyl sites for hydroxylation is 2. The predicted molar refractivity (Wildman–Crippen MR) is 73.5 cm³/mol. The van der Waals surface area contributed by atoms with Crippen LogP contribution in [0.1, 0.15) is 5.69 Å². The van der Waals surface area contributed by atoms with E-state index in [1.54, 1.807) is 11.8 Å². The molecule has 98 valence electrons. The van der Waals surface area contributed by atoms with E-state index in [-0.39, 0.29) is 0 Å². The minimum atomic E-state index is 0.444. The summed E-state index contributed by atoms with van der Waals surface area (Å²) in [7, 11) is 3.52. The number of methoxy groups -OCH3 is 1. The van der Waals surface area contributed by atoms with Crippen LogP contribution in [0.25, 0.3) is 16.9 Å². The monoisotopic (exact) mass is 257 g/mol. The van der Waals surface area contributed by atoms with Crippen LogP contribution in [0.3, 0.4) is 0 Å². The molecule has 0 aliphatic rings. The first-order valence-electron chi connectivity index (χ1n) is 5.93. The van der Waals surface area contributed by atoms with Crippen molar-refractivity contribution in [3.8, 4) is 11.4 Å². The zero-order valence-electron chi connectivity index (χ0n) is 11.1. The van der Waals surface area contributed by atoms with Crippen molar-refractivity contribution in [2.24, 2.45) is 7.05 Å². The van der Waals surface area contributed by atoms with Crippen LogP contribution in [-0.4, -0.2) is 26.4 Å². The van der Waals surface area contributed by atoms with Crippen molar-refractivity contribution >= 4 is 17.1 Å². The third-order valence-corrected chi connectivity index (χ3v) is 3.14. The molecule has 1 aromatic carbocycles. The number of imidazole rings is 1. The quantitative estimate of drug-likeness (QED) is 0.758. The molecule has 0 amide bonds. The van der Waals surface area contributed by atoms with E-state index in [0.717, 1.165) is 28.3 Å². The molecule has 0 spiro atoms. The molecule has 0 aliphatic heterocycles. The van der Waals surface area contributed by atoms with Gasteiger partial charge in [-0.05, 0) is 19.1 Å². The first-order chi connectivity index (χ1) is 9.11. The van der Waals surface area contributed by atoms with Crippen LogP contribution >= 0.6 is 0 Å². The molecule has 0 aliphatic carbocycles. The summed E-state index contributed by atoms with van der Waals surface area (Å²) in [6.07, 6.45) is 0. The number of hydrogen-bond acceptors (Lipinski definition) is 4. The molecule has 0 unspecified atom stereocenters. The second-order valence-corrected chi connectivity index (χ2v) is 4.39. The normalized spacial score (nSPS) is 11.1. The lowest BCUT2D eigenvalue weighted by molar-refractivity contribution is 0.414. The summed E-state index contributed by atoms with van der Waals surface area (Å²) >= 11 is 0. The minimum Gasteiger partial charge on any atom is -0.497 e. The van der Waals surface area contributed by atoms with E-state index in [0.29, 0.717) is 5.95 Å². The average molecular weight is 257 g/mol. The Kier molecular flexibility index (Phi) is 2.45. The zero-order valence-corrected chi connectivity index (χ0v) is 11.1. The maximum atomic E-state index is 6.03. The van der Waals surface area contributed by atoms with Crippen molar-refractivity contribution in [3.05, 3.63) is 30.0 Å². The molecule has 0 radical (unpaired) electrons. The molecule has 6 heteroatoms. The van der Waals surface area contributed by atoms with Gasteiger partial charge in [-0.3, -0.25) is 4.57 Å². The predicted octanol–water partition coefficient (Wildman–Crippen LogP) is 1.66. The molecule has 3 aromatic rings. The van der Waals surface area contributed by atoms with Crippen molar-refractivity contribution < 1.29 is 4.74 Å². The number of nitrogens with two attached hydrogens (primary N) is 1. The molecule has 2 aromatic heterocycles. The topological polar surface area (TPSA) is 70.9 Å². The van der Waals surface area contributed by atoms with Gasteiger partial charge in [-0.15, -0.1) is 0 Å². The first kappa shape index (κ1) is 11.6. The molecule has 0 fully saturated rings. The largest absolute Gasteiger partial charge is 0.497 e. The second kappa shape index (κ2) is 4.01. The minimum absolute atomic E-state index is 0.444. The first-order valence-corrected chi connectivity index (χ1v) is 5.93. The van der Waals surface area contributed by atoms with E-state index in [2.05, 4.69) is 10.1 Å². The summed E-state index contributed by atoms with van der Waals surface area (Å²) in [6, 6.07) is 7.69. The van der Waals surface area contributed by atoms with Crippen molar-refractivity contribution in [3.63, 3.8) is 0 Å². The maximum absolute atomic E-state index is 6.03. The van der Waals surface area contributed by atoms with Gasteiger partial charge in [0.05, 0.1) is 18.5 Å². The Morgan fingerprint density at radius 2 is 2.11 bits per heavy atom. The van der Waals surface area contributed by atoms with Crippen molar-refractivity contribution in [2.45, 2.75) is 6.92 Å². The molecule has 3 rings (SSSR count). The summed E-state index contributed by atoms with van der Waals surface area (Å²) < 4.78 is 8.90. The number of aromatic nitrogens is 4. The van der Waals surface area contributed by atoms with Gasteiger partial charge >= 0.3 is 0 Å². The van der Waals surface area contributed by atoms with E-state index in [1.807, 2.05) is 42.8 Å². The van der Waals surface area contributed by atoms with Gasteiger partial charge in [0.15, 0.2) is 5.65 Å². The third kappa shape index (κ3) is 1.64. The number of nitrogen functional groups attached to an aromatic ring is 1. The highest BCUT2D eigenvalue weighted by molar-refractivity contribution is 5.80. The number of ether oxygens (including phenoxy) is 1. The van der Waals surface area contributed by atoms with E-state index in [1.165, 1.54) is 0 Å². The fraction of sp³-hybridized carbons (Fsp3) is 0.231. The van der Waals surface area contributed by atoms with Crippen molar-refractivity contribution in [1.29, 1.82) is 0 Å². The summed E-state index contributed by atoms with van der Waals surface area (Å²) in [5, 5.41) is 4.37. The van der Waals surface area contributed by atoms with Gasteiger partial charge < -0.3 is 10.5 Å². The van der Waals surface area contributed by atoms with Gasteiger partial charge in [0.2, 0.25) is 5.95 Å². The fourth-order valence-corrected chi connectivity index (χ4v) is 2.29. The van der Waals surface area contributed by atoms with Crippen LogP contribution in [0.5, 0.6) is 5.75 Å². The molecule has 6 nitrogen and oxygen atoms in total. The SMILES string of the molecule is COc1cccc(-n2c(N)nc3c(C)nn(C)c32)c1. The Hall–Kier alpha value is -2.50. The molecule has 19 heavy (non-hydrogen) atoms. The lowest BCUT2D eigenvalue weighted by Crippen LogP contribution is -2.05. The molecule has 0 saturated heterocycles. The Morgan fingerprint density at radius 1 is 1.32 bits per heavy atom. The molecule has 0 bridgehead atoms. The van der Waals surface area contributed by atoms with Gasteiger partial charge in [0.25, 0.3) is 0 Å². The summed E-state index contributed by atoms with van der Waals surface area (Å²) in [6.45, 7) is 1.92. The Bertz CT molecular complexity index is 756.